The van der Waals surface area contributed by atoms with Crippen LogP contribution in [-0.4, -0.2) is 54.1 Å². The molecule has 0 aromatic carbocycles. The van der Waals surface area contributed by atoms with E-state index < -0.39 is 17.8 Å². The van der Waals surface area contributed by atoms with Crippen LogP contribution >= 0.6 is 0 Å². The van der Waals surface area contributed by atoms with E-state index in [4.69, 9.17) is 5.21 Å². The maximum atomic E-state index is 12.1. The molecule has 0 saturated carbocycles. The smallest absolute Gasteiger partial charge is 0.321 e. The van der Waals surface area contributed by atoms with Gasteiger partial charge in [-0.15, -0.1) is 0 Å². The zero-order valence-corrected chi connectivity index (χ0v) is 18.2. The molecule has 170 valence electrons. The van der Waals surface area contributed by atoms with E-state index >= 15 is 0 Å². The van der Waals surface area contributed by atoms with Gasteiger partial charge < -0.3 is 5.32 Å². The van der Waals surface area contributed by atoms with E-state index in [1.165, 1.54) is 6.08 Å². The van der Waals surface area contributed by atoms with Crippen LogP contribution in [0.25, 0.3) is 0 Å². The van der Waals surface area contributed by atoms with Crippen LogP contribution in [0.5, 0.6) is 0 Å². The van der Waals surface area contributed by atoms with Crippen LogP contribution in [0, 0.1) is 0 Å². The molecule has 32 heavy (non-hydrogen) atoms. The number of hydroxylamine groups is 1. The van der Waals surface area contributed by atoms with Gasteiger partial charge in [-0.2, -0.15) is 0 Å². The minimum Gasteiger partial charge on any atom is -0.337 e. The van der Waals surface area contributed by atoms with Crippen molar-refractivity contribution in [2.75, 3.05) is 26.2 Å². The maximum absolute atomic E-state index is 12.1. The van der Waals surface area contributed by atoms with Crippen LogP contribution < -0.4 is 16.1 Å². The first-order valence-electron chi connectivity index (χ1n) is 10.6. The van der Waals surface area contributed by atoms with Gasteiger partial charge in [-0.3, -0.25) is 25.0 Å². The number of likely N-dealkylation sites (N-methyl/N-ethyl adjacent to an activating group) is 1. The Kier molecular flexibility index (Phi) is 10.6. The quantitative estimate of drug-likeness (QED) is 0.251. The molecule has 0 aliphatic heterocycles. The average Bonchev–Trinajstić information content (AvgIpc) is 3.20. The highest BCUT2D eigenvalue weighted by atomic mass is 16.5. The lowest BCUT2D eigenvalue weighted by Gasteiger charge is -2.21. The third-order valence-electron chi connectivity index (χ3n) is 4.80. The van der Waals surface area contributed by atoms with E-state index in [1.807, 2.05) is 37.3 Å². The largest absolute Gasteiger partial charge is 0.337 e. The molecular weight excluding hydrogens is 408 g/mol. The fourth-order valence-electron chi connectivity index (χ4n) is 3.02. The SMILES string of the molecule is CCN(CCNC(=O)NC(=O)C1=CC=CCC=C1)CC1=CCC=C(/C=C/C(=O)NO)C=C1. The Labute approximate surface area is 188 Å². The number of urea groups is 1. The maximum Gasteiger partial charge on any atom is 0.321 e. The molecule has 2 aliphatic rings. The molecule has 0 spiro atoms. The van der Waals surface area contributed by atoms with E-state index in [-0.39, 0.29) is 0 Å². The number of carbonyl (C=O) groups is 3. The van der Waals surface area contributed by atoms with E-state index in [9.17, 15) is 14.4 Å². The number of nitrogens with one attached hydrogen (secondary N) is 3. The van der Waals surface area contributed by atoms with Crippen LogP contribution in [-0.2, 0) is 9.59 Å². The number of hydrogen-bond acceptors (Lipinski definition) is 5. The number of hydrogen-bond donors (Lipinski definition) is 4. The number of imide groups is 1. The van der Waals surface area contributed by atoms with E-state index in [1.54, 1.807) is 29.8 Å². The Bertz CT molecular complexity index is 907. The molecule has 0 heterocycles. The number of nitrogens with zero attached hydrogens (tertiary/aromatic N) is 1. The molecule has 0 fully saturated rings. The van der Waals surface area contributed by atoms with Crippen LogP contribution in [0.3, 0.4) is 0 Å². The van der Waals surface area contributed by atoms with Gasteiger partial charge in [0.2, 0.25) is 0 Å². The summed E-state index contributed by atoms with van der Waals surface area (Å²) in [5, 5.41) is 13.6. The standard InChI is InChI=1S/C24H30N4O4/c1-2-28(18-20-9-7-8-19(12-13-20)14-15-22(29)27-32)17-16-25-24(31)26-23(30)21-10-5-3-4-6-11-21/h3,5-6,8-15,32H,2,4,7,16-18H2,1H3,(H,27,29)(H2,25,26,30,31)/b15-14+. The second-order valence-corrected chi connectivity index (χ2v) is 7.13. The summed E-state index contributed by atoms with van der Waals surface area (Å²) in [6.07, 6.45) is 21.3. The van der Waals surface area contributed by atoms with Gasteiger partial charge in [0.1, 0.15) is 0 Å². The molecule has 0 bridgehead atoms. The number of amides is 4. The molecule has 2 rings (SSSR count). The molecule has 0 saturated heterocycles. The Hall–Kier alpha value is -3.49. The van der Waals surface area contributed by atoms with Crippen LogP contribution in [0.1, 0.15) is 19.8 Å². The van der Waals surface area contributed by atoms with E-state index in [2.05, 4.69) is 21.6 Å². The van der Waals surface area contributed by atoms with Crippen molar-refractivity contribution < 1.29 is 19.6 Å². The van der Waals surface area contributed by atoms with Crippen molar-refractivity contribution in [3.63, 3.8) is 0 Å². The molecule has 0 aromatic heterocycles. The molecule has 0 atom stereocenters. The molecule has 0 aromatic rings. The Morgan fingerprint density at radius 2 is 1.97 bits per heavy atom. The Morgan fingerprint density at radius 3 is 2.75 bits per heavy atom. The molecule has 0 unspecified atom stereocenters. The van der Waals surface area contributed by atoms with E-state index in [0.717, 1.165) is 30.5 Å². The van der Waals surface area contributed by atoms with Gasteiger partial charge in [0, 0.05) is 31.3 Å². The lowest BCUT2D eigenvalue weighted by atomic mass is 10.2. The zero-order chi connectivity index (χ0) is 23.2. The van der Waals surface area contributed by atoms with Crippen molar-refractivity contribution in [1.29, 1.82) is 0 Å². The zero-order valence-electron chi connectivity index (χ0n) is 18.2. The fraction of sp³-hybridized carbons (Fsp3) is 0.292. The van der Waals surface area contributed by atoms with Crippen LogP contribution in [0.15, 0.2) is 83.6 Å². The molecule has 8 heteroatoms. The number of rotatable bonds is 9. The fourth-order valence-corrected chi connectivity index (χ4v) is 3.02. The number of allylic oxidation sites excluding steroid dienone is 9. The summed E-state index contributed by atoms with van der Waals surface area (Å²) in [4.78, 5) is 37.5. The second-order valence-electron chi connectivity index (χ2n) is 7.13. The first-order chi connectivity index (χ1) is 15.5. The molecule has 8 nitrogen and oxygen atoms in total. The van der Waals surface area contributed by atoms with E-state index in [0.29, 0.717) is 25.2 Å². The molecule has 2 aliphatic carbocycles. The van der Waals surface area contributed by atoms with Crippen molar-refractivity contribution in [2.24, 2.45) is 0 Å². The van der Waals surface area contributed by atoms with Crippen molar-refractivity contribution >= 4 is 17.8 Å². The second kappa shape index (κ2) is 13.7. The van der Waals surface area contributed by atoms with Gasteiger partial charge in [-0.1, -0.05) is 55.5 Å². The molecular formula is C24H30N4O4. The summed E-state index contributed by atoms with van der Waals surface area (Å²) in [6.45, 7) is 4.59. The summed E-state index contributed by atoms with van der Waals surface area (Å²) >= 11 is 0. The van der Waals surface area contributed by atoms with Gasteiger partial charge in [0.05, 0.1) is 0 Å². The third kappa shape index (κ3) is 9.11. The van der Waals surface area contributed by atoms with Crippen molar-refractivity contribution in [2.45, 2.75) is 19.8 Å². The predicted octanol–water partition coefficient (Wildman–Crippen LogP) is 2.45. The normalized spacial score (nSPS) is 15.5. The minimum absolute atomic E-state index is 0.404. The lowest BCUT2D eigenvalue weighted by molar-refractivity contribution is -0.124. The lowest BCUT2D eigenvalue weighted by Crippen LogP contribution is -2.43. The van der Waals surface area contributed by atoms with Gasteiger partial charge in [0.15, 0.2) is 0 Å². The van der Waals surface area contributed by atoms with Gasteiger partial charge in [0.25, 0.3) is 11.8 Å². The van der Waals surface area contributed by atoms with Crippen LogP contribution in [0.4, 0.5) is 4.79 Å². The average molecular weight is 439 g/mol. The summed E-state index contributed by atoms with van der Waals surface area (Å²) in [5.41, 5.74) is 4.00. The van der Waals surface area contributed by atoms with Crippen molar-refractivity contribution in [3.05, 3.63) is 83.6 Å². The molecule has 4 amide bonds. The molecule has 4 N–H and O–H groups in total. The Balaban J connectivity index is 1.76. The highest BCUT2D eigenvalue weighted by molar-refractivity contribution is 6.05. The van der Waals surface area contributed by atoms with Crippen molar-refractivity contribution in [1.82, 2.24) is 21.0 Å². The van der Waals surface area contributed by atoms with Crippen LogP contribution in [0.2, 0.25) is 0 Å². The Morgan fingerprint density at radius 1 is 1.12 bits per heavy atom. The first kappa shape index (κ1) is 24.8. The summed E-state index contributed by atoms with van der Waals surface area (Å²) in [6, 6.07) is -0.519. The monoisotopic (exact) mass is 438 g/mol. The predicted molar refractivity (Wildman–Crippen MR) is 124 cm³/mol. The topological polar surface area (TPSA) is 111 Å². The highest BCUT2D eigenvalue weighted by Gasteiger charge is 2.11. The highest BCUT2D eigenvalue weighted by Crippen LogP contribution is 2.13. The van der Waals surface area contributed by atoms with Crippen molar-refractivity contribution in [3.8, 4) is 0 Å². The van der Waals surface area contributed by atoms with Gasteiger partial charge in [-0.25, -0.2) is 10.3 Å². The minimum atomic E-state index is -0.577. The summed E-state index contributed by atoms with van der Waals surface area (Å²) in [5.74, 6) is -1.01. The first-order valence-corrected chi connectivity index (χ1v) is 10.6. The molecule has 0 radical (unpaired) electrons. The summed E-state index contributed by atoms with van der Waals surface area (Å²) in [7, 11) is 0. The summed E-state index contributed by atoms with van der Waals surface area (Å²) < 4.78 is 0. The van der Waals surface area contributed by atoms with Gasteiger partial charge in [-0.05, 0) is 42.7 Å². The number of carbonyl (C=O) groups excluding carboxylic acids is 3. The third-order valence-corrected chi connectivity index (χ3v) is 4.80. The van der Waals surface area contributed by atoms with Gasteiger partial charge >= 0.3 is 6.03 Å².